The van der Waals surface area contributed by atoms with Crippen LogP contribution < -0.4 is 4.90 Å². The van der Waals surface area contributed by atoms with E-state index in [2.05, 4.69) is 55.3 Å². The van der Waals surface area contributed by atoms with E-state index >= 15 is 0 Å². The van der Waals surface area contributed by atoms with Gasteiger partial charge in [0.25, 0.3) is 0 Å². The molecular formula is C25H31N3OS2. The molecule has 0 N–H and O–H groups in total. The van der Waals surface area contributed by atoms with E-state index in [0.29, 0.717) is 6.61 Å². The lowest BCUT2D eigenvalue weighted by molar-refractivity contribution is -0.0543. The number of thioether (sulfide) groups is 1. The number of thiophene rings is 1. The van der Waals surface area contributed by atoms with Crippen molar-refractivity contribution in [3.63, 3.8) is 0 Å². The number of benzene rings is 1. The van der Waals surface area contributed by atoms with Gasteiger partial charge in [-0.25, -0.2) is 9.97 Å². The van der Waals surface area contributed by atoms with Gasteiger partial charge in [-0.2, -0.15) is 0 Å². The molecule has 2 aliphatic rings. The molecule has 0 amide bonds. The molecule has 164 valence electrons. The first-order valence-corrected chi connectivity index (χ1v) is 13.4. The van der Waals surface area contributed by atoms with Gasteiger partial charge < -0.3 is 9.64 Å². The number of piperidine rings is 1. The molecule has 1 fully saturated rings. The van der Waals surface area contributed by atoms with Gasteiger partial charge in [-0.05, 0) is 55.9 Å². The van der Waals surface area contributed by atoms with E-state index in [-0.39, 0.29) is 5.60 Å². The molecule has 4 heterocycles. The number of anilines is 1. The molecule has 0 radical (unpaired) electrons. The number of hydrogen-bond acceptors (Lipinski definition) is 6. The summed E-state index contributed by atoms with van der Waals surface area (Å²) in [6.45, 7) is 7.31. The number of aromatic nitrogens is 2. The Morgan fingerprint density at radius 3 is 2.68 bits per heavy atom. The maximum atomic E-state index is 6.23. The zero-order chi connectivity index (χ0) is 21.4. The van der Waals surface area contributed by atoms with Crippen LogP contribution in [0.15, 0.2) is 35.5 Å². The molecule has 5 rings (SSSR count). The first-order chi connectivity index (χ1) is 15.1. The highest BCUT2D eigenvalue weighted by molar-refractivity contribution is 7.98. The van der Waals surface area contributed by atoms with Crippen LogP contribution in [0.1, 0.15) is 49.1 Å². The molecule has 3 aromatic rings. The van der Waals surface area contributed by atoms with Crippen molar-refractivity contribution >= 4 is 39.1 Å². The van der Waals surface area contributed by atoms with Crippen LogP contribution in [0.3, 0.4) is 0 Å². The first kappa shape index (κ1) is 21.2. The summed E-state index contributed by atoms with van der Waals surface area (Å²) in [5, 5.41) is 2.17. The Morgan fingerprint density at radius 2 is 1.97 bits per heavy atom. The summed E-state index contributed by atoms with van der Waals surface area (Å²) >= 11 is 3.45. The van der Waals surface area contributed by atoms with E-state index in [9.17, 15) is 0 Å². The minimum atomic E-state index is -0.0842. The molecule has 0 saturated carbocycles. The van der Waals surface area contributed by atoms with Crippen LogP contribution in [0, 0.1) is 5.92 Å². The number of hydrogen-bond donors (Lipinski definition) is 0. The van der Waals surface area contributed by atoms with Gasteiger partial charge in [-0.1, -0.05) is 49.0 Å². The molecule has 0 bridgehead atoms. The van der Waals surface area contributed by atoms with Crippen molar-refractivity contribution in [2.45, 2.75) is 63.3 Å². The molecule has 4 nitrogen and oxygen atoms in total. The fourth-order valence-electron chi connectivity index (χ4n) is 4.88. The lowest BCUT2D eigenvalue weighted by atomic mass is 9.89. The lowest BCUT2D eigenvalue weighted by Crippen LogP contribution is -2.36. The van der Waals surface area contributed by atoms with E-state index in [1.165, 1.54) is 40.7 Å². The van der Waals surface area contributed by atoms with Crippen molar-refractivity contribution in [2.75, 3.05) is 24.2 Å². The summed E-state index contributed by atoms with van der Waals surface area (Å²) in [7, 11) is 0. The second-order valence-electron chi connectivity index (χ2n) is 9.11. The first-order valence-electron chi connectivity index (χ1n) is 11.4. The van der Waals surface area contributed by atoms with Gasteiger partial charge in [-0.15, -0.1) is 11.3 Å². The van der Waals surface area contributed by atoms with Crippen LogP contribution in [0.2, 0.25) is 0 Å². The topological polar surface area (TPSA) is 38.2 Å². The van der Waals surface area contributed by atoms with Crippen LogP contribution in [-0.2, 0) is 24.2 Å². The van der Waals surface area contributed by atoms with Gasteiger partial charge in [0.15, 0.2) is 5.16 Å². The Morgan fingerprint density at radius 1 is 1.19 bits per heavy atom. The van der Waals surface area contributed by atoms with Crippen molar-refractivity contribution in [2.24, 2.45) is 5.92 Å². The Kier molecular flexibility index (Phi) is 5.97. The highest BCUT2D eigenvalue weighted by Gasteiger charge is 2.34. The fraction of sp³-hybridized carbons (Fsp3) is 0.520. The van der Waals surface area contributed by atoms with Crippen LogP contribution in [-0.4, -0.2) is 34.9 Å². The van der Waals surface area contributed by atoms with Gasteiger partial charge in [0, 0.05) is 24.4 Å². The summed E-state index contributed by atoms with van der Waals surface area (Å²) in [5.74, 6) is 1.91. The van der Waals surface area contributed by atoms with E-state index < -0.39 is 0 Å². The molecule has 0 spiro atoms. The molecule has 0 aliphatic carbocycles. The molecule has 1 saturated heterocycles. The largest absolute Gasteiger partial charge is 0.369 e. The maximum Gasteiger partial charge on any atom is 0.190 e. The second kappa shape index (κ2) is 8.72. The maximum absolute atomic E-state index is 6.23. The summed E-state index contributed by atoms with van der Waals surface area (Å²) < 4.78 is 6.23. The monoisotopic (exact) mass is 453 g/mol. The van der Waals surface area contributed by atoms with E-state index in [4.69, 9.17) is 14.7 Å². The summed E-state index contributed by atoms with van der Waals surface area (Å²) in [6, 6.07) is 10.9. The average molecular weight is 454 g/mol. The predicted octanol–water partition coefficient (Wildman–Crippen LogP) is 6.11. The quantitative estimate of drug-likeness (QED) is 0.344. The van der Waals surface area contributed by atoms with Crippen LogP contribution in [0.25, 0.3) is 10.2 Å². The molecule has 1 atom stereocenters. The van der Waals surface area contributed by atoms with Gasteiger partial charge in [-0.3, -0.25) is 0 Å². The van der Waals surface area contributed by atoms with Crippen molar-refractivity contribution in [3.05, 3.63) is 46.3 Å². The minimum Gasteiger partial charge on any atom is -0.369 e. The SMILES string of the molecule is CC[C@]1(C)Cc2c(sc3nc(SC)nc(N4CCC(Cc5ccccc5)CC4)c23)CO1. The van der Waals surface area contributed by atoms with Gasteiger partial charge in [0.05, 0.1) is 17.6 Å². The van der Waals surface area contributed by atoms with Crippen molar-refractivity contribution in [1.82, 2.24) is 9.97 Å². The third-order valence-electron chi connectivity index (χ3n) is 7.01. The van der Waals surface area contributed by atoms with E-state index in [1.807, 2.05) is 0 Å². The Bertz CT molecular complexity index is 1060. The molecular weight excluding hydrogens is 422 g/mol. The minimum absolute atomic E-state index is 0.0842. The van der Waals surface area contributed by atoms with Crippen molar-refractivity contribution in [3.8, 4) is 0 Å². The summed E-state index contributed by atoms with van der Waals surface area (Å²) in [5.41, 5.74) is 2.81. The molecule has 0 unspecified atom stereocenters. The number of ether oxygens (including phenoxy) is 1. The van der Waals surface area contributed by atoms with Crippen LogP contribution in [0.5, 0.6) is 0 Å². The van der Waals surface area contributed by atoms with E-state index in [1.54, 1.807) is 23.1 Å². The zero-order valence-electron chi connectivity index (χ0n) is 18.7. The smallest absolute Gasteiger partial charge is 0.190 e. The standard InChI is InChI=1S/C25H31N3OS2/c1-4-25(2)15-19-20(16-29-25)31-23-21(19)22(26-24(27-23)30-3)28-12-10-18(11-13-28)14-17-8-6-5-7-9-17/h5-9,18H,4,10-16H2,1-3H3/t25-/m1/s1. The van der Waals surface area contributed by atoms with Gasteiger partial charge in [0.2, 0.25) is 0 Å². The highest BCUT2D eigenvalue weighted by atomic mass is 32.2. The van der Waals surface area contributed by atoms with E-state index in [0.717, 1.165) is 47.7 Å². The fourth-order valence-corrected chi connectivity index (χ4v) is 6.39. The third kappa shape index (κ3) is 4.22. The summed E-state index contributed by atoms with van der Waals surface area (Å²) in [6.07, 6.45) is 7.67. The average Bonchev–Trinajstić information content (AvgIpc) is 3.17. The Balaban J connectivity index is 1.43. The normalized spacial score (nSPS) is 22.1. The molecule has 1 aromatic carbocycles. The highest BCUT2D eigenvalue weighted by Crippen LogP contribution is 2.43. The Labute approximate surface area is 193 Å². The second-order valence-corrected chi connectivity index (χ2v) is 11.0. The molecule has 2 aliphatic heterocycles. The summed E-state index contributed by atoms with van der Waals surface area (Å²) in [4.78, 5) is 14.9. The molecule has 31 heavy (non-hydrogen) atoms. The molecule has 6 heteroatoms. The zero-order valence-corrected chi connectivity index (χ0v) is 20.3. The number of fused-ring (bicyclic) bond motifs is 3. The Hall–Kier alpha value is -1.63. The third-order valence-corrected chi connectivity index (χ3v) is 8.66. The van der Waals surface area contributed by atoms with Gasteiger partial charge in [0.1, 0.15) is 10.6 Å². The lowest BCUT2D eigenvalue weighted by Gasteiger charge is -2.35. The van der Waals surface area contributed by atoms with Crippen molar-refractivity contribution < 1.29 is 4.74 Å². The van der Waals surface area contributed by atoms with Crippen LogP contribution >= 0.6 is 23.1 Å². The van der Waals surface area contributed by atoms with Crippen LogP contribution in [0.4, 0.5) is 5.82 Å². The van der Waals surface area contributed by atoms with Crippen molar-refractivity contribution in [1.29, 1.82) is 0 Å². The number of rotatable bonds is 5. The van der Waals surface area contributed by atoms with Gasteiger partial charge >= 0.3 is 0 Å². The molecule has 2 aromatic heterocycles. The predicted molar refractivity (Wildman–Crippen MR) is 131 cm³/mol. The number of nitrogens with zero attached hydrogens (tertiary/aromatic N) is 3.